The first-order valence-corrected chi connectivity index (χ1v) is 7.33. The van der Waals surface area contributed by atoms with Crippen LogP contribution in [0.15, 0.2) is 40.9 Å². The Morgan fingerprint density at radius 2 is 1.90 bits per heavy atom. The van der Waals surface area contributed by atoms with Crippen LogP contribution in [0.5, 0.6) is 0 Å². The first-order valence-electron chi connectivity index (χ1n) is 6.16. The summed E-state index contributed by atoms with van der Waals surface area (Å²) in [5.41, 5.74) is 1.26. The second-order valence-corrected chi connectivity index (χ2v) is 5.62. The lowest BCUT2D eigenvalue weighted by Gasteiger charge is -2.20. The van der Waals surface area contributed by atoms with E-state index in [-0.39, 0.29) is 17.7 Å². The number of rotatable bonds is 4. The Balaban J connectivity index is 2.47. The second kappa shape index (κ2) is 6.66. The van der Waals surface area contributed by atoms with Gasteiger partial charge in [0.1, 0.15) is 11.6 Å². The summed E-state index contributed by atoms with van der Waals surface area (Å²) in [6, 6.07) is 8.86. The first-order chi connectivity index (χ1) is 9.52. The van der Waals surface area contributed by atoms with Crippen molar-refractivity contribution in [2.75, 3.05) is 6.54 Å². The third-order valence-corrected chi connectivity index (χ3v) is 3.80. The van der Waals surface area contributed by atoms with Crippen molar-refractivity contribution < 1.29 is 8.78 Å². The molecule has 5 heteroatoms. The fourth-order valence-electron chi connectivity index (χ4n) is 2.04. The zero-order chi connectivity index (χ0) is 14.7. The van der Waals surface area contributed by atoms with Crippen LogP contribution in [-0.4, -0.2) is 6.54 Å². The minimum Gasteiger partial charge on any atom is -0.306 e. The lowest BCUT2D eigenvalue weighted by atomic mass is 9.98. The molecule has 2 aromatic rings. The van der Waals surface area contributed by atoms with Gasteiger partial charge in [0.15, 0.2) is 0 Å². The fourth-order valence-corrected chi connectivity index (χ4v) is 2.59. The molecule has 1 unspecified atom stereocenters. The summed E-state index contributed by atoms with van der Waals surface area (Å²) >= 11 is 8.92. The monoisotopic (exact) mass is 359 g/mol. The highest BCUT2D eigenvalue weighted by molar-refractivity contribution is 9.10. The van der Waals surface area contributed by atoms with E-state index < -0.39 is 0 Å². The SMILES string of the molecule is CCNC(c1ccc(F)c(Br)c1)c1ccc(Cl)cc1F. The molecule has 2 rings (SSSR count). The molecule has 106 valence electrons. The Bertz CT molecular complexity index is 619. The van der Waals surface area contributed by atoms with E-state index in [9.17, 15) is 8.78 Å². The number of halogens is 4. The van der Waals surface area contributed by atoms with E-state index in [0.29, 0.717) is 21.6 Å². The highest BCUT2D eigenvalue weighted by Gasteiger charge is 2.18. The van der Waals surface area contributed by atoms with E-state index in [0.717, 1.165) is 5.56 Å². The van der Waals surface area contributed by atoms with Gasteiger partial charge in [-0.1, -0.05) is 30.7 Å². The summed E-state index contributed by atoms with van der Waals surface area (Å²) < 4.78 is 27.8. The minimum absolute atomic E-state index is 0.347. The Hall–Kier alpha value is -0.970. The smallest absolute Gasteiger partial charge is 0.137 e. The van der Waals surface area contributed by atoms with Crippen LogP contribution in [-0.2, 0) is 0 Å². The van der Waals surface area contributed by atoms with Crippen LogP contribution in [0, 0.1) is 11.6 Å². The molecule has 0 saturated heterocycles. The summed E-state index contributed by atoms with van der Waals surface area (Å²) in [6.07, 6.45) is 0. The van der Waals surface area contributed by atoms with Gasteiger partial charge in [-0.05, 0) is 52.3 Å². The van der Waals surface area contributed by atoms with Crippen LogP contribution in [0.4, 0.5) is 8.78 Å². The largest absolute Gasteiger partial charge is 0.306 e. The summed E-state index contributed by atoms with van der Waals surface area (Å²) in [5, 5.41) is 3.54. The summed E-state index contributed by atoms with van der Waals surface area (Å²) in [6.45, 7) is 2.58. The number of hydrogen-bond donors (Lipinski definition) is 1. The fraction of sp³-hybridized carbons (Fsp3) is 0.200. The van der Waals surface area contributed by atoms with Gasteiger partial charge >= 0.3 is 0 Å². The Labute approximate surface area is 130 Å². The lowest BCUT2D eigenvalue weighted by Crippen LogP contribution is -2.23. The Morgan fingerprint density at radius 3 is 2.50 bits per heavy atom. The number of nitrogens with one attached hydrogen (secondary N) is 1. The quantitative estimate of drug-likeness (QED) is 0.802. The predicted octanol–water partition coefficient (Wildman–Crippen LogP) is 5.08. The zero-order valence-electron chi connectivity index (χ0n) is 10.8. The maximum Gasteiger partial charge on any atom is 0.137 e. The van der Waals surface area contributed by atoms with Crippen LogP contribution < -0.4 is 5.32 Å². The van der Waals surface area contributed by atoms with Crippen molar-refractivity contribution in [3.63, 3.8) is 0 Å². The second-order valence-electron chi connectivity index (χ2n) is 4.33. The van der Waals surface area contributed by atoms with Crippen molar-refractivity contribution in [1.82, 2.24) is 5.32 Å². The molecule has 20 heavy (non-hydrogen) atoms. The van der Waals surface area contributed by atoms with Gasteiger partial charge in [0, 0.05) is 10.6 Å². The minimum atomic E-state index is -0.385. The van der Waals surface area contributed by atoms with Gasteiger partial charge in [0.2, 0.25) is 0 Å². The first kappa shape index (κ1) is 15.4. The molecule has 0 amide bonds. The molecular formula is C15H13BrClF2N. The summed E-state index contributed by atoms with van der Waals surface area (Å²) in [4.78, 5) is 0. The topological polar surface area (TPSA) is 12.0 Å². The summed E-state index contributed by atoms with van der Waals surface area (Å²) in [5.74, 6) is -0.732. The molecular weight excluding hydrogens is 348 g/mol. The van der Waals surface area contributed by atoms with E-state index in [2.05, 4.69) is 21.2 Å². The molecule has 0 heterocycles. The molecule has 0 aliphatic carbocycles. The molecule has 1 atom stereocenters. The van der Waals surface area contributed by atoms with E-state index in [1.807, 2.05) is 6.92 Å². The van der Waals surface area contributed by atoms with Gasteiger partial charge < -0.3 is 5.32 Å². The van der Waals surface area contributed by atoms with Gasteiger partial charge in [-0.25, -0.2) is 8.78 Å². The molecule has 0 spiro atoms. The van der Waals surface area contributed by atoms with Crippen molar-refractivity contribution in [3.05, 3.63) is 68.7 Å². The van der Waals surface area contributed by atoms with Crippen molar-refractivity contribution >= 4 is 27.5 Å². The van der Waals surface area contributed by atoms with Crippen LogP contribution in [0.1, 0.15) is 24.1 Å². The standard InChI is InChI=1S/C15H13BrClF2N/c1-2-20-15(9-3-6-13(18)12(16)7-9)11-5-4-10(17)8-14(11)19/h3-8,15,20H,2H2,1H3. The molecule has 0 bridgehead atoms. The van der Waals surface area contributed by atoms with Gasteiger partial charge in [0.05, 0.1) is 10.5 Å². The molecule has 1 N–H and O–H groups in total. The Morgan fingerprint density at radius 1 is 1.15 bits per heavy atom. The average molecular weight is 361 g/mol. The van der Waals surface area contributed by atoms with Crippen LogP contribution >= 0.6 is 27.5 Å². The Kier molecular flexibility index (Phi) is 5.13. The molecule has 0 aliphatic rings. The molecule has 0 radical (unpaired) electrons. The van der Waals surface area contributed by atoms with Crippen molar-refractivity contribution in [1.29, 1.82) is 0 Å². The third-order valence-electron chi connectivity index (χ3n) is 2.96. The average Bonchev–Trinajstić information content (AvgIpc) is 2.40. The molecule has 0 aromatic heterocycles. The van der Waals surface area contributed by atoms with Crippen molar-refractivity contribution in [2.24, 2.45) is 0 Å². The zero-order valence-corrected chi connectivity index (χ0v) is 13.1. The summed E-state index contributed by atoms with van der Waals surface area (Å²) in [7, 11) is 0. The normalized spacial score (nSPS) is 12.4. The number of hydrogen-bond acceptors (Lipinski definition) is 1. The molecule has 0 fully saturated rings. The highest BCUT2D eigenvalue weighted by Crippen LogP contribution is 2.29. The van der Waals surface area contributed by atoms with Gasteiger partial charge in [-0.3, -0.25) is 0 Å². The molecule has 0 saturated carbocycles. The lowest BCUT2D eigenvalue weighted by molar-refractivity contribution is 0.557. The van der Waals surface area contributed by atoms with Gasteiger partial charge in [-0.2, -0.15) is 0 Å². The highest BCUT2D eigenvalue weighted by atomic mass is 79.9. The third kappa shape index (κ3) is 3.37. The van der Waals surface area contributed by atoms with Crippen molar-refractivity contribution in [3.8, 4) is 0 Å². The van der Waals surface area contributed by atoms with Gasteiger partial charge in [0.25, 0.3) is 0 Å². The maximum absolute atomic E-state index is 14.1. The van der Waals surface area contributed by atoms with E-state index in [1.54, 1.807) is 24.3 Å². The van der Waals surface area contributed by atoms with Gasteiger partial charge in [-0.15, -0.1) is 0 Å². The van der Waals surface area contributed by atoms with E-state index in [1.165, 1.54) is 12.1 Å². The maximum atomic E-state index is 14.1. The molecule has 0 aliphatic heterocycles. The van der Waals surface area contributed by atoms with Crippen molar-refractivity contribution in [2.45, 2.75) is 13.0 Å². The van der Waals surface area contributed by atoms with Crippen LogP contribution in [0.25, 0.3) is 0 Å². The van der Waals surface area contributed by atoms with Crippen LogP contribution in [0.3, 0.4) is 0 Å². The van der Waals surface area contributed by atoms with Crippen LogP contribution in [0.2, 0.25) is 5.02 Å². The molecule has 1 nitrogen and oxygen atoms in total. The predicted molar refractivity (Wildman–Crippen MR) is 81.0 cm³/mol. The number of benzene rings is 2. The van der Waals surface area contributed by atoms with E-state index >= 15 is 0 Å². The molecule has 2 aromatic carbocycles. The van der Waals surface area contributed by atoms with E-state index in [4.69, 9.17) is 11.6 Å².